The molecule has 0 spiro atoms. The Labute approximate surface area is 118 Å². The number of hydrogen-bond donors (Lipinski definition) is 3. The molecule has 6 heteroatoms. The average molecular weight is 280 g/mol. The maximum absolute atomic E-state index is 11.4. The standard InChI is InChI=1S/C14H20N2O4/c1-3-12(13(17)18)16-14(19)15-7-8-20-11-6-4-5-10(2)9-11/h4-6,9,12H,3,7-8H2,1-2H3,(H,17,18)(H2,15,16,19)/t12-/m1/s1. The van der Waals surface area contributed by atoms with Gasteiger partial charge in [0.25, 0.3) is 0 Å². The molecule has 2 amide bonds. The van der Waals surface area contributed by atoms with Crippen LogP contribution in [0.2, 0.25) is 0 Å². The van der Waals surface area contributed by atoms with E-state index in [4.69, 9.17) is 9.84 Å². The first-order chi connectivity index (χ1) is 9.52. The van der Waals surface area contributed by atoms with Crippen molar-refractivity contribution in [2.45, 2.75) is 26.3 Å². The number of urea groups is 1. The van der Waals surface area contributed by atoms with Crippen molar-refractivity contribution in [2.24, 2.45) is 0 Å². The summed E-state index contributed by atoms with van der Waals surface area (Å²) in [4.78, 5) is 22.2. The molecule has 0 bridgehead atoms. The predicted octanol–water partition coefficient (Wildman–Crippen LogP) is 1.54. The lowest BCUT2D eigenvalue weighted by molar-refractivity contribution is -0.139. The van der Waals surface area contributed by atoms with Crippen molar-refractivity contribution in [1.29, 1.82) is 0 Å². The quantitative estimate of drug-likeness (QED) is 0.661. The zero-order chi connectivity index (χ0) is 15.0. The fraction of sp³-hybridized carbons (Fsp3) is 0.429. The van der Waals surface area contributed by atoms with E-state index in [1.807, 2.05) is 31.2 Å². The van der Waals surface area contributed by atoms with Crippen LogP contribution >= 0.6 is 0 Å². The maximum Gasteiger partial charge on any atom is 0.326 e. The van der Waals surface area contributed by atoms with Crippen molar-refractivity contribution in [3.05, 3.63) is 29.8 Å². The van der Waals surface area contributed by atoms with E-state index in [-0.39, 0.29) is 0 Å². The smallest absolute Gasteiger partial charge is 0.326 e. The zero-order valence-electron chi connectivity index (χ0n) is 11.7. The summed E-state index contributed by atoms with van der Waals surface area (Å²) in [7, 11) is 0. The van der Waals surface area contributed by atoms with Crippen molar-refractivity contribution in [3.63, 3.8) is 0 Å². The highest BCUT2D eigenvalue weighted by atomic mass is 16.5. The number of carbonyl (C=O) groups is 2. The Morgan fingerprint density at radius 2 is 2.15 bits per heavy atom. The van der Waals surface area contributed by atoms with E-state index in [0.29, 0.717) is 19.6 Å². The molecule has 3 N–H and O–H groups in total. The molecule has 0 aromatic heterocycles. The largest absolute Gasteiger partial charge is 0.492 e. The van der Waals surface area contributed by atoms with Crippen LogP contribution in [0, 0.1) is 6.92 Å². The first-order valence-electron chi connectivity index (χ1n) is 6.49. The third-order valence-corrected chi connectivity index (χ3v) is 2.66. The molecule has 0 aliphatic rings. The first-order valence-corrected chi connectivity index (χ1v) is 6.49. The van der Waals surface area contributed by atoms with Crippen LogP contribution in [0.5, 0.6) is 5.75 Å². The number of hydrogen-bond acceptors (Lipinski definition) is 3. The Balaban J connectivity index is 2.24. The summed E-state index contributed by atoms with van der Waals surface area (Å²) in [6.07, 6.45) is 0.336. The Morgan fingerprint density at radius 1 is 1.40 bits per heavy atom. The number of benzene rings is 1. The van der Waals surface area contributed by atoms with Crippen molar-refractivity contribution < 1.29 is 19.4 Å². The lowest BCUT2D eigenvalue weighted by atomic mass is 10.2. The summed E-state index contributed by atoms with van der Waals surface area (Å²) < 4.78 is 5.46. The average Bonchev–Trinajstić information content (AvgIpc) is 2.40. The van der Waals surface area contributed by atoms with Crippen LogP contribution in [0.1, 0.15) is 18.9 Å². The molecule has 1 atom stereocenters. The number of carbonyl (C=O) groups excluding carboxylic acids is 1. The highest BCUT2D eigenvalue weighted by Crippen LogP contribution is 2.11. The van der Waals surface area contributed by atoms with Crippen LogP contribution in [0.25, 0.3) is 0 Å². The van der Waals surface area contributed by atoms with E-state index < -0.39 is 18.0 Å². The summed E-state index contributed by atoms with van der Waals surface area (Å²) in [5.41, 5.74) is 1.10. The topological polar surface area (TPSA) is 87.7 Å². The molecule has 1 aromatic rings. The van der Waals surface area contributed by atoms with Crippen LogP contribution in [0.4, 0.5) is 4.79 Å². The zero-order valence-corrected chi connectivity index (χ0v) is 11.7. The fourth-order valence-corrected chi connectivity index (χ4v) is 1.59. The normalized spacial score (nSPS) is 11.5. The maximum atomic E-state index is 11.4. The minimum absolute atomic E-state index is 0.301. The van der Waals surface area contributed by atoms with Gasteiger partial charge in [-0.25, -0.2) is 9.59 Å². The number of rotatable bonds is 7. The molecule has 20 heavy (non-hydrogen) atoms. The second-order valence-corrected chi connectivity index (χ2v) is 4.36. The van der Waals surface area contributed by atoms with Gasteiger partial charge < -0.3 is 20.5 Å². The van der Waals surface area contributed by atoms with Gasteiger partial charge in [0.15, 0.2) is 0 Å². The molecule has 0 aliphatic carbocycles. The molecule has 0 heterocycles. The molecular formula is C14H20N2O4. The molecule has 1 rings (SSSR count). The Morgan fingerprint density at radius 3 is 2.75 bits per heavy atom. The monoisotopic (exact) mass is 280 g/mol. The van der Waals surface area contributed by atoms with Crippen LogP contribution in [-0.2, 0) is 4.79 Å². The molecule has 0 aliphatic heterocycles. The van der Waals surface area contributed by atoms with Crippen LogP contribution in [-0.4, -0.2) is 36.3 Å². The van der Waals surface area contributed by atoms with E-state index in [2.05, 4.69) is 10.6 Å². The molecule has 6 nitrogen and oxygen atoms in total. The van der Waals surface area contributed by atoms with Crippen molar-refractivity contribution >= 4 is 12.0 Å². The van der Waals surface area contributed by atoms with Gasteiger partial charge >= 0.3 is 12.0 Å². The minimum Gasteiger partial charge on any atom is -0.492 e. The molecule has 0 fully saturated rings. The third kappa shape index (κ3) is 5.60. The van der Waals surface area contributed by atoms with E-state index >= 15 is 0 Å². The summed E-state index contributed by atoms with van der Waals surface area (Å²) in [6, 6.07) is 6.22. The molecule has 110 valence electrons. The van der Waals surface area contributed by atoms with Gasteiger partial charge in [0.2, 0.25) is 0 Å². The van der Waals surface area contributed by atoms with Gasteiger partial charge in [-0.1, -0.05) is 19.1 Å². The molecule has 1 aromatic carbocycles. The molecule has 0 unspecified atom stereocenters. The van der Waals surface area contributed by atoms with Gasteiger partial charge in [-0.15, -0.1) is 0 Å². The van der Waals surface area contributed by atoms with Crippen molar-refractivity contribution in [2.75, 3.05) is 13.2 Å². The van der Waals surface area contributed by atoms with Crippen LogP contribution in [0.15, 0.2) is 24.3 Å². The SMILES string of the molecule is CC[C@@H](NC(=O)NCCOc1cccc(C)c1)C(=O)O. The van der Waals surface area contributed by atoms with E-state index in [0.717, 1.165) is 11.3 Å². The second kappa shape index (κ2) is 8.04. The highest BCUT2D eigenvalue weighted by molar-refractivity contribution is 5.82. The number of aryl methyl sites for hydroxylation is 1. The minimum atomic E-state index is -1.04. The highest BCUT2D eigenvalue weighted by Gasteiger charge is 2.16. The lowest BCUT2D eigenvalue weighted by Gasteiger charge is -2.13. The number of amides is 2. The molecule has 0 saturated heterocycles. The van der Waals surface area contributed by atoms with E-state index in [9.17, 15) is 9.59 Å². The van der Waals surface area contributed by atoms with Gasteiger partial charge in [-0.2, -0.15) is 0 Å². The number of carboxylic acids is 1. The Kier molecular flexibility index (Phi) is 6.36. The van der Waals surface area contributed by atoms with Gasteiger partial charge in [-0.05, 0) is 31.0 Å². The predicted molar refractivity (Wildman–Crippen MR) is 74.9 cm³/mol. The van der Waals surface area contributed by atoms with E-state index in [1.165, 1.54) is 0 Å². The molecular weight excluding hydrogens is 260 g/mol. The number of ether oxygens (including phenoxy) is 1. The summed E-state index contributed by atoms with van der Waals surface area (Å²) >= 11 is 0. The molecule has 0 radical (unpaired) electrons. The summed E-state index contributed by atoms with van der Waals surface area (Å²) in [6.45, 7) is 4.28. The van der Waals surface area contributed by atoms with Gasteiger partial charge in [-0.3, -0.25) is 0 Å². The second-order valence-electron chi connectivity index (χ2n) is 4.36. The van der Waals surface area contributed by atoms with Crippen LogP contribution in [0.3, 0.4) is 0 Å². The van der Waals surface area contributed by atoms with Gasteiger partial charge in [0, 0.05) is 0 Å². The third-order valence-electron chi connectivity index (χ3n) is 2.66. The number of carboxylic acid groups (broad SMARTS) is 1. The van der Waals surface area contributed by atoms with Gasteiger partial charge in [0.05, 0.1) is 6.54 Å². The van der Waals surface area contributed by atoms with Crippen molar-refractivity contribution in [3.8, 4) is 5.75 Å². The Bertz CT molecular complexity index is 462. The number of nitrogens with one attached hydrogen (secondary N) is 2. The lowest BCUT2D eigenvalue weighted by Crippen LogP contribution is -2.46. The van der Waals surface area contributed by atoms with Crippen molar-refractivity contribution in [1.82, 2.24) is 10.6 Å². The summed E-state index contributed by atoms with van der Waals surface area (Å²) in [5, 5.41) is 13.7. The summed E-state index contributed by atoms with van der Waals surface area (Å²) in [5.74, 6) is -0.303. The fourth-order valence-electron chi connectivity index (χ4n) is 1.59. The first kappa shape index (κ1) is 15.8. The van der Waals surface area contributed by atoms with E-state index in [1.54, 1.807) is 6.92 Å². The van der Waals surface area contributed by atoms with Crippen LogP contribution < -0.4 is 15.4 Å². The Hall–Kier alpha value is -2.24. The number of aliphatic carboxylic acids is 1. The van der Waals surface area contributed by atoms with Gasteiger partial charge in [0.1, 0.15) is 18.4 Å². The molecule has 0 saturated carbocycles.